The first-order valence-electron chi connectivity index (χ1n) is 11.2. The van der Waals surface area contributed by atoms with Crippen LogP contribution in [0.3, 0.4) is 0 Å². The summed E-state index contributed by atoms with van der Waals surface area (Å²) in [6.45, 7) is 4.76. The summed E-state index contributed by atoms with van der Waals surface area (Å²) in [5, 5.41) is 16.5. The maximum Gasteiger partial charge on any atom is 0.413 e. The Balaban J connectivity index is 1.42. The summed E-state index contributed by atoms with van der Waals surface area (Å²) in [6, 6.07) is 3.29. The predicted molar refractivity (Wildman–Crippen MR) is 126 cm³/mol. The number of carbonyl (C=O) groups excluding carboxylic acids is 1. The number of carbonyl (C=O) groups is 1. The van der Waals surface area contributed by atoms with Crippen LogP contribution in [0.4, 0.5) is 26.4 Å². The van der Waals surface area contributed by atoms with Crippen molar-refractivity contribution >= 4 is 34.1 Å². The van der Waals surface area contributed by atoms with Gasteiger partial charge < -0.3 is 25.6 Å². The maximum atomic E-state index is 15.3. The highest BCUT2D eigenvalue weighted by Crippen LogP contribution is 2.39. The van der Waals surface area contributed by atoms with E-state index in [0.717, 1.165) is 11.3 Å². The molecule has 5 rings (SSSR count). The van der Waals surface area contributed by atoms with Crippen LogP contribution in [0, 0.1) is 18.7 Å². The average molecular weight is 468 g/mol. The van der Waals surface area contributed by atoms with Gasteiger partial charge in [0.25, 0.3) is 0 Å². The molecule has 2 aliphatic rings. The minimum Gasteiger partial charge on any atom is -0.474 e. The lowest BCUT2D eigenvalue weighted by atomic mass is 9.79. The number of nitrogens with two attached hydrogens (primary N) is 1. The number of rotatable bonds is 4. The van der Waals surface area contributed by atoms with E-state index in [0.29, 0.717) is 53.8 Å². The number of hydrogen-bond acceptors (Lipinski definition) is 8. The number of amides is 1. The number of pyridine rings is 2. The van der Waals surface area contributed by atoms with Crippen LogP contribution in [0.2, 0.25) is 0 Å². The largest absolute Gasteiger partial charge is 0.474 e. The minimum atomic E-state index is -0.628. The average Bonchev–Trinajstić information content (AvgIpc) is 2.79. The third kappa shape index (κ3) is 3.94. The number of nitrogen functional groups attached to an aromatic ring is 1. The summed E-state index contributed by atoms with van der Waals surface area (Å²) in [4.78, 5) is 20.8. The fraction of sp³-hybridized carbons (Fsp3) is 0.375. The van der Waals surface area contributed by atoms with Gasteiger partial charge in [-0.2, -0.15) is 0 Å². The molecule has 3 aromatic rings. The summed E-state index contributed by atoms with van der Waals surface area (Å²) in [5.41, 5.74) is 8.50. The number of aliphatic hydroxyl groups is 1. The number of anilines is 3. The van der Waals surface area contributed by atoms with Crippen molar-refractivity contribution in [1.82, 2.24) is 9.97 Å². The van der Waals surface area contributed by atoms with Crippen LogP contribution < -0.4 is 21.1 Å². The molecule has 0 spiro atoms. The van der Waals surface area contributed by atoms with Crippen molar-refractivity contribution in [2.45, 2.75) is 38.9 Å². The van der Waals surface area contributed by atoms with Crippen molar-refractivity contribution in [2.75, 3.05) is 29.5 Å². The second-order valence-electron chi connectivity index (χ2n) is 8.82. The van der Waals surface area contributed by atoms with Gasteiger partial charge in [0.1, 0.15) is 24.2 Å². The monoisotopic (exact) mass is 467 g/mol. The SMILES string of the molecule is Cc1c(-c2cc3cc(NC(=O)OC4CC([C@H](C)O)C4)ncc3c(N)c2F)cnc2c1NCCO2. The number of nitrogens with zero attached hydrogens (tertiary/aromatic N) is 2. The normalized spacial score (nSPS) is 19.9. The Bertz CT molecular complexity index is 1280. The topological polar surface area (TPSA) is 132 Å². The number of hydrogen-bond donors (Lipinski definition) is 4. The molecule has 9 nitrogen and oxygen atoms in total. The summed E-state index contributed by atoms with van der Waals surface area (Å²) in [5.74, 6) is 0.336. The van der Waals surface area contributed by atoms with Gasteiger partial charge >= 0.3 is 6.09 Å². The van der Waals surface area contributed by atoms with Gasteiger partial charge in [-0.25, -0.2) is 19.2 Å². The zero-order valence-corrected chi connectivity index (χ0v) is 18.9. The minimum absolute atomic E-state index is 0.0333. The first-order valence-corrected chi connectivity index (χ1v) is 11.2. The highest BCUT2D eigenvalue weighted by molar-refractivity contribution is 5.99. The Morgan fingerprint density at radius 3 is 2.88 bits per heavy atom. The standard InChI is InChI=1S/C24H26FN5O4/c1-11-17(9-29-23-22(11)27-3-4-33-23)16-7-14-8-19(28-10-18(14)21(26)20(16)25)30-24(32)34-15-5-13(6-15)12(2)31/h7-10,12-13,15,27,31H,3-6,26H2,1-2H3,(H,28,30,32)/t12-,13?,15?/m0/s1. The van der Waals surface area contributed by atoms with E-state index in [1.165, 1.54) is 6.20 Å². The van der Waals surface area contributed by atoms with Crippen molar-refractivity contribution in [3.8, 4) is 17.0 Å². The van der Waals surface area contributed by atoms with Gasteiger partial charge in [-0.3, -0.25) is 5.32 Å². The first kappa shape index (κ1) is 22.1. The molecule has 178 valence electrons. The quantitative estimate of drug-likeness (QED) is 0.426. The Hall–Kier alpha value is -3.66. The van der Waals surface area contributed by atoms with Crippen LogP contribution in [-0.4, -0.2) is 46.5 Å². The van der Waals surface area contributed by atoms with E-state index in [-0.39, 0.29) is 23.5 Å². The molecular weight excluding hydrogens is 441 g/mol. The number of ether oxygens (including phenoxy) is 2. The van der Waals surface area contributed by atoms with E-state index >= 15 is 4.39 Å². The lowest BCUT2D eigenvalue weighted by Gasteiger charge is -2.36. The van der Waals surface area contributed by atoms with Gasteiger partial charge in [-0.15, -0.1) is 0 Å². The van der Waals surface area contributed by atoms with E-state index < -0.39 is 18.0 Å². The number of nitrogens with one attached hydrogen (secondary N) is 2. The van der Waals surface area contributed by atoms with Gasteiger partial charge in [-0.05, 0) is 55.7 Å². The fourth-order valence-electron chi connectivity index (χ4n) is 4.44. The van der Waals surface area contributed by atoms with Crippen LogP contribution in [0.5, 0.6) is 5.88 Å². The van der Waals surface area contributed by atoms with E-state index in [1.54, 1.807) is 25.3 Å². The van der Waals surface area contributed by atoms with E-state index in [9.17, 15) is 9.90 Å². The van der Waals surface area contributed by atoms with Crippen LogP contribution in [0.25, 0.3) is 21.9 Å². The van der Waals surface area contributed by atoms with Crippen LogP contribution in [-0.2, 0) is 4.74 Å². The fourth-order valence-corrected chi connectivity index (χ4v) is 4.44. The molecule has 1 amide bonds. The lowest BCUT2D eigenvalue weighted by Crippen LogP contribution is -2.39. The number of fused-ring (bicyclic) bond motifs is 2. The highest BCUT2D eigenvalue weighted by Gasteiger charge is 2.35. The van der Waals surface area contributed by atoms with Crippen molar-refractivity contribution in [3.05, 3.63) is 35.9 Å². The number of halogens is 1. The van der Waals surface area contributed by atoms with Crippen molar-refractivity contribution < 1.29 is 23.8 Å². The summed E-state index contributed by atoms with van der Waals surface area (Å²) in [6.07, 6.45) is 2.98. The zero-order valence-electron chi connectivity index (χ0n) is 18.9. The summed E-state index contributed by atoms with van der Waals surface area (Å²) in [7, 11) is 0. The van der Waals surface area contributed by atoms with Gasteiger partial charge in [0.2, 0.25) is 5.88 Å². The third-order valence-electron chi connectivity index (χ3n) is 6.55. The maximum absolute atomic E-state index is 15.3. The van der Waals surface area contributed by atoms with Gasteiger partial charge in [0.05, 0.1) is 11.8 Å². The molecule has 3 heterocycles. The van der Waals surface area contributed by atoms with Gasteiger partial charge in [-0.1, -0.05) is 0 Å². The molecule has 1 aromatic carbocycles. The molecule has 1 aliphatic carbocycles. The Morgan fingerprint density at radius 2 is 2.12 bits per heavy atom. The number of aromatic nitrogens is 2. The molecule has 0 saturated heterocycles. The van der Waals surface area contributed by atoms with Crippen LogP contribution in [0.15, 0.2) is 24.5 Å². The van der Waals surface area contributed by atoms with Crippen LogP contribution in [0.1, 0.15) is 25.3 Å². The van der Waals surface area contributed by atoms with Crippen molar-refractivity contribution in [3.63, 3.8) is 0 Å². The summed E-state index contributed by atoms with van der Waals surface area (Å²) < 4.78 is 26.2. The second kappa shape index (κ2) is 8.60. The molecule has 2 aromatic heterocycles. The molecule has 0 radical (unpaired) electrons. The number of benzene rings is 1. The van der Waals surface area contributed by atoms with Gasteiger partial charge in [0.15, 0.2) is 5.82 Å². The van der Waals surface area contributed by atoms with E-state index in [2.05, 4.69) is 20.6 Å². The van der Waals surface area contributed by atoms with E-state index in [1.807, 2.05) is 6.92 Å². The molecule has 10 heteroatoms. The molecule has 0 unspecified atom stereocenters. The first-order chi connectivity index (χ1) is 16.3. The number of aliphatic hydroxyl groups excluding tert-OH is 1. The van der Waals surface area contributed by atoms with Crippen LogP contribution >= 0.6 is 0 Å². The van der Waals surface area contributed by atoms with E-state index in [4.69, 9.17) is 15.2 Å². The molecule has 5 N–H and O–H groups in total. The highest BCUT2D eigenvalue weighted by atomic mass is 19.1. The lowest BCUT2D eigenvalue weighted by molar-refractivity contribution is -0.0262. The Labute approximate surface area is 195 Å². The zero-order chi connectivity index (χ0) is 24.0. The molecule has 34 heavy (non-hydrogen) atoms. The predicted octanol–water partition coefficient (Wildman–Crippen LogP) is 3.84. The molecule has 1 atom stereocenters. The third-order valence-corrected chi connectivity index (χ3v) is 6.55. The molecule has 1 saturated carbocycles. The molecule has 1 fully saturated rings. The summed E-state index contributed by atoms with van der Waals surface area (Å²) >= 11 is 0. The van der Waals surface area contributed by atoms with Crippen molar-refractivity contribution in [1.29, 1.82) is 0 Å². The Kier molecular flexibility index (Phi) is 5.60. The molecule has 1 aliphatic heterocycles. The second-order valence-corrected chi connectivity index (χ2v) is 8.82. The molecule has 0 bridgehead atoms. The smallest absolute Gasteiger partial charge is 0.413 e. The van der Waals surface area contributed by atoms with Crippen molar-refractivity contribution in [2.24, 2.45) is 5.92 Å². The Morgan fingerprint density at radius 1 is 1.32 bits per heavy atom. The molecular formula is C24H26FN5O4. The van der Waals surface area contributed by atoms with Gasteiger partial charge in [0, 0.05) is 35.5 Å².